The maximum absolute atomic E-state index is 7.46. The van der Waals surface area contributed by atoms with Crippen LogP contribution in [0.15, 0.2) is 11.8 Å². The Morgan fingerprint density at radius 3 is 2.42 bits per heavy atom. The van der Waals surface area contributed by atoms with E-state index in [1.54, 1.807) is 6.92 Å². The van der Waals surface area contributed by atoms with E-state index in [-0.39, 0.29) is 0 Å². The zero-order valence-electron chi connectivity index (χ0n) is 8.20. The lowest BCUT2D eigenvalue weighted by molar-refractivity contribution is 0.780. The van der Waals surface area contributed by atoms with Crippen LogP contribution in [0.4, 0.5) is 0 Å². The molecule has 0 aliphatic heterocycles. The second-order valence-corrected chi connectivity index (χ2v) is 2.63. The van der Waals surface area contributed by atoms with Crippen molar-refractivity contribution in [3.05, 3.63) is 11.8 Å². The summed E-state index contributed by atoms with van der Waals surface area (Å²) in [6, 6.07) is 0. The zero-order valence-corrected chi connectivity index (χ0v) is 8.20. The highest BCUT2D eigenvalue weighted by Crippen LogP contribution is 1.92. The normalized spacial score (nSPS) is 11.4. The van der Waals surface area contributed by atoms with Gasteiger partial charge in [0.2, 0.25) is 0 Å². The SMILES string of the molecule is CCN/C=C(/CNCC)C(C)=N. The van der Waals surface area contributed by atoms with Gasteiger partial charge in [0, 0.05) is 30.6 Å². The van der Waals surface area contributed by atoms with E-state index in [4.69, 9.17) is 5.41 Å². The van der Waals surface area contributed by atoms with Crippen molar-refractivity contribution in [1.29, 1.82) is 5.41 Å². The number of hydrogen-bond acceptors (Lipinski definition) is 3. The van der Waals surface area contributed by atoms with Gasteiger partial charge < -0.3 is 16.0 Å². The van der Waals surface area contributed by atoms with Crippen molar-refractivity contribution in [3.63, 3.8) is 0 Å². The summed E-state index contributed by atoms with van der Waals surface area (Å²) in [5, 5.41) is 13.7. The Bertz CT molecular complexity index is 161. The molecule has 0 fully saturated rings. The van der Waals surface area contributed by atoms with Crippen molar-refractivity contribution in [2.45, 2.75) is 20.8 Å². The molecule has 0 unspecified atom stereocenters. The van der Waals surface area contributed by atoms with Crippen molar-refractivity contribution < 1.29 is 0 Å². The van der Waals surface area contributed by atoms with Crippen LogP contribution in [-0.4, -0.2) is 25.3 Å². The van der Waals surface area contributed by atoms with Gasteiger partial charge >= 0.3 is 0 Å². The molecule has 70 valence electrons. The van der Waals surface area contributed by atoms with E-state index in [0.29, 0.717) is 5.71 Å². The molecule has 0 bridgehead atoms. The summed E-state index contributed by atoms with van der Waals surface area (Å²) in [5.41, 5.74) is 1.65. The average Bonchev–Trinajstić information content (AvgIpc) is 2.04. The Kier molecular flexibility index (Phi) is 6.38. The minimum Gasteiger partial charge on any atom is -0.391 e. The first-order valence-electron chi connectivity index (χ1n) is 4.41. The molecule has 0 aliphatic rings. The van der Waals surface area contributed by atoms with Gasteiger partial charge in [0.25, 0.3) is 0 Å². The second-order valence-electron chi connectivity index (χ2n) is 2.63. The first-order valence-corrected chi connectivity index (χ1v) is 4.41. The van der Waals surface area contributed by atoms with Crippen LogP contribution in [0.1, 0.15) is 20.8 Å². The van der Waals surface area contributed by atoms with Crippen LogP contribution in [0.2, 0.25) is 0 Å². The molecule has 3 heteroatoms. The fourth-order valence-corrected chi connectivity index (χ4v) is 0.777. The van der Waals surface area contributed by atoms with E-state index in [2.05, 4.69) is 17.6 Å². The van der Waals surface area contributed by atoms with Crippen LogP contribution in [-0.2, 0) is 0 Å². The van der Waals surface area contributed by atoms with Gasteiger partial charge in [0.1, 0.15) is 0 Å². The van der Waals surface area contributed by atoms with Crippen LogP contribution in [0.5, 0.6) is 0 Å². The van der Waals surface area contributed by atoms with Gasteiger partial charge in [0.05, 0.1) is 0 Å². The number of nitrogens with one attached hydrogen (secondary N) is 3. The summed E-state index contributed by atoms with van der Waals surface area (Å²) < 4.78 is 0. The predicted octanol–water partition coefficient (Wildman–Crippen LogP) is 1.13. The number of likely N-dealkylation sites (N-methyl/N-ethyl adjacent to an activating group) is 1. The molecule has 0 spiro atoms. The highest BCUT2D eigenvalue weighted by molar-refractivity contribution is 5.95. The lowest BCUT2D eigenvalue weighted by atomic mass is 10.2. The lowest BCUT2D eigenvalue weighted by Gasteiger charge is -2.06. The summed E-state index contributed by atoms with van der Waals surface area (Å²) in [5.74, 6) is 0. The Morgan fingerprint density at radius 2 is 2.00 bits per heavy atom. The van der Waals surface area contributed by atoms with E-state index < -0.39 is 0 Å². The smallest absolute Gasteiger partial charge is 0.0342 e. The van der Waals surface area contributed by atoms with Crippen molar-refractivity contribution in [2.24, 2.45) is 0 Å². The van der Waals surface area contributed by atoms with Gasteiger partial charge in [-0.15, -0.1) is 0 Å². The Balaban J connectivity index is 3.94. The summed E-state index contributed by atoms with van der Waals surface area (Å²) in [7, 11) is 0. The summed E-state index contributed by atoms with van der Waals surface area (Å²) >= 11 is 0. The molecule has 12 heavy (non-hydrogen) atoms. The molecule has 0 aromatic carbocycles. The summed E-state index contributed by atoms with van der Waals surface area (Å²) in [4.78, 5) is 0. The quantitative estimate of drug-likeness (QED) is 0.522. The third-order valence-electron chi connectivity index (χ3n) is 1.53. The minimum atomic E-state index is 0.622. The van der Waals surface area contributed by atoms with E-state index in [9.17, 15) is 0 Å². The molecule has 3 nitrogen and oxygen atoms in total. The van der Waals surface area contributed by atoms with Crippen molar-refractivity contribution in [1.82, 2.24) is 10.6 Å². The van der Waals surface area contributed by atoms with Gasteiger partial charge in [-0.05, 0) is 20.4 Å². The molecule has 0 rings (SSSR count). The Labute approximate surface area is 74.8 Å². The predicted molar refractivity (Wildman–Crippen MR) is 53.7 cm³/mol. The molecule has 0 heterocycles. The molecule has 0 aromatic rings. The molecule has 0 radical (unpaired) electrons. The third kappa shape index (κ3) is 4.91. The van der Waals surface area contributed by atoms with Gasteiger partial charge in [-0.2, -0.15) is 0 Å². The van der Waals surface area contributed by atoms with Crippen LogP contribution in [0.25, 0.3) is 0 Å². The van der Waals surface area contributed by atoms with Crippen molar-refractivity contribution in [2.75, 3.05) is 19.6 Å². The maximum Gasteiger partial charge on any atom is 0.0342 e. The summed E-state index contributed by atoms with van der Waals surface area (Å²) in [6.07, 6.45) is 1.91. The summed E-state index contributed by atoms with van der Waals surface area (Å²) in [6.45, 7) is 8.53. The molecule has 0 atom stereocenters. The van der Waals surface area contributed by atoms with Gasteiger partial charge in [-0.3, -0.25) is 0 Å². The van der Waals surface area contributed by atoms with Crippen LogP contribution in [0.3, 0.4) is 0 Å². The monoisotopic (exact) mass is 169 g/mol. The van der Waals surface area contributed by atoms with Gasteiger partial charge in [-0.1, -0.05) is 6.92 Å². The third-order valence-corrected chi connectivity index (χ3v) is 1.53. The fourth-order valence-electron chi connectivity index (χ4n) is 0.777. The fraction of sp³-hybridized carbons (Fsp3) is 0.667. The van der Waals surface area contributed by atoms with E-state index >= 15 is 0 Å². The van der Waals surface area contributed by atoms with Crippen LogP contribution >= 0.6 is 0 Å². The van der Waals surface area contributed by atoms with Gasteiger partial charge in [-0.25, -0.2) is 0 Å². The molecular weight excluding hydrogens is 150 g/mol. The maximum atomic E-state index is 7.46. The van der Waals surface area contributed by atoms with Crippen molar-refractivity contribution in [3.8, 4) is 0 Å². The molecule has 0 aromatic heterocycles. The van der Waals surface area contributed by atoms with Crippen LogP contribution in [0, 0.1) is 5.41 Å². The standard InChI is InChI=1S/C9H19N3/c1-4-11-6-9(8(3)10)7-12-5-2/h6,10-12H,4-5,7H2,1-3H3/b9-6-,10-8?. The molecule has 0 saturated carbocycles. The van der Waals surface area contributed by atoms with Crippen LogP contribution < -0.4 is 10.6 Å². The average molecular weight is 169 g/mol. The zero-order chi connectivity index (χ0) is 9.40. The van der Waals surface area contributed by atoms with E-state index in [1.165, 1.54) is 0 Å². The van der Waals surface area contributed by atoms with Gasteiger partial charge in [0.15, 0.2) is 0 Å². The first kappa shape index (κ1) is 11.2. The highest BCUT2D eigenvalue weighted by Gasteiger charge is 1.97. The first-order chi connectivity index (χ1) is 5.72. The molecule has 3 N–H and O–H groups in total. The Hall–Kier alpha value is -0.830. The molecule has 0 aliphatic carbocycles. The lowest BCUT2D eigenvalue weighted by Crippen LogP contribution is -2.21. The molecular formula is C9H19N3. The topological polar surface area (TPSA) is 47.9 Å². The van der Waals surface area contributed by atoms with Crippen molar-refractivity contribution >= 4 is 5.71 Å². The van der Waals surface area contributed by atoms with E-state index in [1.807, 2.05) is 13.1 Å². The number of rotatable bonds is 6. The van der Waals surface area contributed by atoms with E-state index in [0.717, 1.165) is 25.2 Å². The Morgan fingerprint density at radius 1 is 1.33 bits per heavy atom. The largest absolute Gasteiger partial charge is 0.391 e. The minimum absolute atomic E-state index is 0.622. The number of hydrogen-bond donors (Lipinski definition) is 3. The molecule has 0 saturated heterocycles. The highest BCUT2D eigenvalue weighted by atomic mass is 14.9. The molecule has 0 amide bonds. The second kappa shape index (κ2) is 6.85.